The molecule has 10 nitrogen and oxygen atoms in total. The number of likely N-dealkylation sites (tertiary alicyclic amines) is 1. The minimum Gasteiger partial charge on any atom is -0.490 e. The number of hydrogen-bond donors (Lipinski definition) is 1. The Balaban J connectivity index is 0.00000549. The molecule has 2 fully saturated rings. The summed E-state index contributed by atoms with van der Waals surface area (Å²) >= 11 is 6.49. The number of carbonyl (C=O) groups is 2. The zero-order chi connectivity index (χ0) is 39.8. The van der Waals surface area contributed by atoms with Crippen LogP contribution in [-0.4, -0.2) is 81.7 Å². The molecule has 2 bridgehead atoms. The number of rotatable bonds is 4. The predicted molar refractivity (Wildman–Crippen MR) is 222 cm³/mol. The van der Waals surface area contributed by atoms with Crippen LogP contribution in [-0.2, 0) is 31.3 Å². The number of sulfonamides is 1. The van der Waals surface area contributed by atoms with E-state index in [2.05, 4.69) is 33.9 Å². The van der Waals surface area contributed by atoms with Crippen molar-refractivity contribution >= 4 is 39.3 Å². The third-order valence-corrected chi connectivity index (χ3v) is 15.3. The fourth-order valence-electron chi connectivity index (χ4n) is 9.42. The first-order valence-corrected chi connectivity index (χ1v) is 22.7. The van der Waals surface area contributed by atoms with Crippen LogP contribution in [0.4, 0.5) is 10.5 Å². The Labute approximate surface area is 340 Å². The van der Waals surface area contributed by atoms with Gasteiger partial charge < -0.3 is 24.0 Å². The molecule has 7 rings (SSSR count). The third kappa shape index (κ3) is 9.05. The van der Waals surface area contributed by atoms with Crippen molar-refractivity contribution in [1.29, 1.82) is 0 Å². The van der Waals surface area contributed by atoms with Crippen molar-refractivity contribution in [1.82, 2.24) is 9.62 Å². The standard InChI is InChI=1S/C44H60ClN3O7S.H2/c1-29-8-6-10-39(53-23-19-31-17-21-47(22-18-31)42(50)55-43(3,4)5)36-14-11-34(36)26-48-27-44(20-7-9-32-24-35(45)13-15-37(32)44)28-54-40-16-12-33(25-38(40)48)41(49)46-56(51,52)30(29)2;/h6,10,12-13,15-16,24-25,29-31,34,36,39H,7-9,11,14,17-23,26-28H2,1-5H3,(H,46,49);1H/b10-6+;/t29-,30+,34-,36+,39-,44-;/m0./s1. The normalized spacial score (nSPS) is 30.2. The van der Waals surface area contributed by atoms with Crippen molar-refractivity contribution in [2.24, 2.45) is 23.7 Å². The van der Waals surface area contributed by atoms with Gasteiger partial charge in [0.05, 0.1) is 23.6 Å². The van der Waals surface area contributed by atoms with Crippen LogP contribution in [0.3, 0.4) is 0 Å². The molecule has 2 aliphatic carbocycles. The largest absolute Gasteiger partial charge is 0.490 e. The number of nitrogens with one attached hydrogen (secondary N) is 1. The van der Waals surface area contributed by atoms with Gasteiger partial charge in [0.2, 0.25) is 10.0 Å². The fourth-order valence-corrected chi connectivity index (χ4v) is 10.9. The summed E-state index contributed by atoms with van der Waals surface area (Å²) in [5.74, 6) is 0.952. The number of fused-ring (bicyclic) bond motifs is 4. The molecule has 3 heterocycles. The van der Waals surface area contributed by atoms with E-state index in [9.17, 15) is 18.0 Å². The van der Waals surface area contributed by atoms with Gasteiger partial charge in [-0.2, -0.15) is 0 Å². The van der Waals surface area contributed by atoms with Crippen molar-refractivity contribution < 1.29 is 33.6 Å². The number of aryl methyl sites for hydroxylation is 1. The van der Waals surface area contributed by atoms with E-state index in [-0.39, 0.29) is 30.9 Å². The average molecular weight is 813 g/mol. The van der Waals surface area contributed by atoms with E-state index in [1.54, 1.807) is 13.0 Å². The number of ether oxygens (including phenoxy) is 3. The monoisotopic (exact) mass is 811 g/mol. The summed E-state index contributed by atoms with van der Waals surface area (Å²) in [6, 6.07) is 11.6. The maximum atomic E-state index is 13.6. The lowest BCUT2D eigenvalue weighted by atomic mass is 9.68. The van der Waals surface area contributed by atoms with Gasteiger partial charge in [0.25, 0.3) is 5.91 Å². The van der Waals surface area contributed by atoms with E-state index >= 15 is 0 Å². The second kappa shape index (κ2) is 16.5. The molecule has 5 aliphatic rings. The van der Waals surface area contributed by atoms with Crippen molar-refractivity contribution in [2.45, 2.75) is 115 Å². The van der Waals surface area contributed by atoms with Crippen LogP contribution in [0.5, 0.6) is 5.75 Å². The smallest absolute Gasteiger partial charge is 0.410 e. The lowest BCUT2D eigenvalue weighted by molar-refractivity contribution is -0.0214. The lowest BCUT2D eigenvalue weighted by Gasteiger charge is -2.46. The van der Waals surface area contributed by atoms with Crippen LogP contribution in [0.15, 0.2) is 48.6 Å². The Hall–Kier alpha value is -3.28. The maximum Gasteiger partial charge on any atom is 0.410 e. The van der Waals surface area contributed by atoms with Gasteiger partial charge in [-0.3, -0.25) is 4.79 Å². The molecule has 0 radical (unpaired) electrons. The molecule has 3 aliphatic heterocycles. The number of nitrogens with zero attached hydrogens (tertiary/aromatic N) is 2. The number of hydrogen-bond acceptors (Lipinski definition) is 8. The summed E-state index contributed by atoms with van der Waals surface area (Å²) in [5, 5.41) is -0.0487. The summed E-state index contributed by atoms with van der Waals surface area (Å²) < 4.78 is 48.5. The summed E-state index contributed by atoms with van der Waals surface area (Å²) in [5.41, 5.74) is 2.86. The van der Waals surface area contributed by atoms with Crippen molar-refractivity contribution in [3.8, 4) is 5.75 Å². The summed E-state index contributed by atoms with van der Waals surface area (Å²) in [6.45, 7) is 13.2. The zero-order valence-electron chi connectivity index (χ0n) is 33.7. The highest BCUT2D eigenvalue weighted by molar-refractivity contribution is 7.90. The molecule has 1 spiro atoms. The van der Waals surface area contributed by atoms with Gasteiger partial charge in [-0.25, -0.2) is 17.9 Å². The van der Waals surface area contributed by atoms with Gasteiger partial charge in [0.1, 0.15) is 11.4 Å². The van der Waals surface area contributed by atoms with Gasteiger partial charge in [0.15, 0.2) is 0 Å². The molecule has 1 N–H and O–H groups in total. The highest BCUT2D eigenvalue weighted by Gasteiger charge is 2.45. The van der Waals surface area contributed by atoms with E-state index < -0.39 is 26.8 Å². The Morgan fingerprint density at radius 3 is 2.61 bits per heavy atom. The molecule has 12 heteroatoms. The molecule has 56 heavy (non-hydrogen) atoms. The summed E-state index contributed by atoms with van der Waals surface area (Å²) in [6.07, 6.45) is 12.3. The Morgan fingerprint density at radius 2 is 1.88 bits per heavy atom. The van der Waals surface area contributed by atoms with Crippen molar-refractivity contribution in [2.75, 3.05) is 44.3 Å². The number of anilines is 1. The number of allylic oxidation sites excluding steroid dienone is 1. The number of piperidine rings is 1. The first kappa shape index (κ1) is 40.9. The third-order valence-electron chi connectivity index (χ3n) is 13.1. The van der Waals surface area contributed by atoms with Crippen LogP contribution in [0.1, 0.15) is 109 Å². The van der Waals surface area contributed by atoms with E-state index in [0.29, 0.717) is 62.4 Å². The molecule has 0 unspecified atom stereocenters. The molecule has 1 saturated carbocycles. The van der Waals surface area contributed by atoms with Crippen LogP contribution in [0, 0.1) is 23.7 Å². The van der Waals surface area contributed by atoms with E-state index in [1.165, 1.54) is 11.1 Å². The zero-order valence-corrected chi connectivity index (χ0v) is 35.3. The Bertz CT molecular complexity index is 1910. The molecule has 6 atom stereocenters. The van der Waals surface area contributed by atoms with E-state index in [4.69, 9.17) is 25.8 Å². The number of amides is 2. The van der Waals surface area contributed by atoms with Crippen LogP contribution < -0.4 is 14.4 Å². The summed E-state index contributed by atoms with van der Waals surface area (Å²) in [7, 11) is -3.96. The predicted octanol–water partition coefficient (Wildman–Crippen LogP) is 8.55. The van der Waals surface area contributed by atoms with Gasteiger partial charge >= 0.3 is 6.09 Å². The van der Waals surface area contributed by atoms with E-state index in [0.717, 1.165) is 68.6 Å². The van der Waals surface area contributed by atoms with Crippen molar-refractivity contribution in [3.63, 3.8) is 0 Å². The topological polar surface area (TPSA) is 114 Å². The van der Waals surface area contributed by atoms with Gasteiger partial charge in [0, 0.05) is 50.2 Å². The maximum absolute atomic E-state index is 13.6. The molecular weight excluding hydrogens is 750 g/mol. The second-order valence-electron chi connectivity index (χ2n) is 18.1. The first-order chi connectivity index (χ1) is 26.6. The van der Waals surface area contributed by atoms with Crippen LogP contribution in [0.25, 0.3) is 0 Å². The van der Waals surface area contributed by atoms with Crippen LogP contribution >= 0.6 is 11.6 Å². The van der Waals surface area contributed by atoms with Crippen LogP contribution in [0.2, 0.25) is 5.02 Å². The first-order valence-electron chi connectivity index (χ1n) is 20.7. The molecule has 0 aromatic heterocycles. The van der Waals surface area contributed by atoms with Gasteiger partial charge in [-0.05, 0) is 151 Å². The Morgan fingerprint density at radius 1 is 1.09 bits per heavy atom. The fraction of sp³-hybridized carbons (Fsp3) is 0.636. The average Bonchev–Trinajstić information content (AvgIpc) is 3.28. The minimum atomic E-state index is -3.96. The number of halogens is 1. The molecule has 1 saturated heterocycles. The molecule has 2 amide bonds. The van der Waals surface area contributed by atoms with Crippen molar-refractivity contribution in [3.05, 3.63) is 70.3 Å². The lowest BCUT2D eigenvalue weighted by Crippen LogP contribution is -2.49. The highest BCUT2D eigenvalue weighted by atomic mass is 35.5. The quantitative estimate of drug-likeness (QED) is 0.306. The number of carbonyl (C=O) groups excluding carboxylic acids is 2. The molecule has 308 valence electrons. The molecule has 2 aromatic carbocycles. The second-order valence-corrected chi connectivity index (χ2v) is 20.6. The Kier molecular flexibility index (Phi) is 12.1. The number of benzene rings is 2. The molecular formula is C44H62ClN3O7S. The van der Waals surface area contributed by atoms with E-state index in [1.807, 2.05) is 50.8 Å². The SMILES string of the molecule is C[C@@H]1[C@@H](C)C/C=C/[C@H](OCCC2CCN(C(=O)OC(C)(C)C)CC2)[C@@H]2CC[C@H]2CN2C[C@@]3(CCCc4cc(Cl)ccc43)COc3ccc(cc32)C(=O)NS1(=O)=O.[HH]. The molecule has 2 aromatic rings. The van der Waals surface area contributed by atoms with Gasteiger partial charge in [-0.15, -0.1) is 0 Å². The minimum absolute atomic E-state index is 0. The highest BCUT2D eigenvalue weighted by Crippen LogP contribution is 2.47. The van der Waals surface area contributed by atoms with Gasteiger partial charge in [-0.1, -0.05) is 36.7 Å². The summed E-state index contributed by atoms with van der Waals surface area (Å²) in [4.78, 5) is 30.5.